The van der Waals surface area contributed by atoms with Crippen LogP contribution in [0.1, 0.15) is 12.8 Å². The van der Waals surface area contributed by atoms with Crippen LogP contribution in [-0.2, 0) is 14.8 Å². The summed E-state index contributed by atoms with van der Waals surface area (Å²) in [5, 5.41) is 3.34. The van der Waals surface area contributed by atoms with Crippen molar-refractivity contribution in [3.63, 3.8) is 0 Å². The van der Waals surface area contributed by atoms with Crippen LogP contribution in [0.25, 0.3) is 0 Å². The highest BCUT2D eigenvalue weighted by molar-refractivity contribution is 9.10. The first-order valence-electron chi connectivity index (χ1n) is 6.99. The molecule has 1 aliphatic rings. The van der Waals surface area contributed by atoms with E-state index in [0.29, 0.717) is 16.8 Å². The normalized spacial score (nSPS) is 21.0. The van der Waals surface area contributed by atoms with Crippen LogP contribution in [-0.4, -0.2) is 47.9 Å². The molecule has 1 atom stereocenters. The van der Waals surface area contributed by atoms with Crippen LogP contribution in [0, 0.1) is 0 Å². The Labute approximate surface area is 151 Å². The van der Waals surface area contributed by atoms with E-state index in [2.05, 4.69) is 26.0 Å². The van der Waals surface area contributed by atoms with E-state index in [4.69, 9.17) is 9.47 Å². The fourth-order valence-electron chi connectivity index (χ4n) is 2.60. The average molecular weight is 430 g/mol. The minimum Gasteiger partial charge on any atom is -0.497 e. The van der Waals surface area contributed by atoms with Crippen LogP contribution in [0.4, 0.5) is 0 Å². The van der Waals surface area contributed by atoms with Crippen LogP contribution in [0.2, 0.25) is 0 Å². The van der Waals surface area contributed by atoms with Gasteiger partial charge in [0, 0.05) is 24.2 Å². The van der Waals surface area contributed by atoms with Gasteiger partial charge in [-0.3, -0.25) is 0 Å². The van der Waals surface area contributed by atoms with E-state index in [-0.39, 0.29) is 29.4 Å². The smallest absolute Gasteiger partial charge is 0.240 e. The monoisotopic (exact) mass is 428 g/mol. The summed E-state index contributed by atoms with van der Waals surface area (Å²) in [5.41, 5.74) is -0.335. The summed E-state index contributed by atoms with van der Waals surface area (Å²) in [6, 6.07) is 4.76. The van der Waals surface area contributed by atoms with Gasteiger partial charge in [0.05, 0.1) is 24.2 Å². The number of methoxy groups -OCH3 is 2. The molecule has 1 unspecified atom stereocenters. The van der Waals surface area contributed by atoms with Gasteiger partial charge in [-0.1, -0.05) is 15.9 Å². The van der Waals surface area contributed by atoms with Crippen molar-refractivity contribution in [2.75, 3.05) is 33.9 Å². The highest BCUT2D eigenvalue weighted by Crippen LogP contribution is 2.25. The second-order valence-corrected chi connectivity index (χ2v) is 8.08. The van der Waals surface area contributed by atoms with Gasteiger partial charge in [-0.25, -0.2) is 13.1 Å². The predicted molar refractivity (Wildman–Crippen MR) is 95.0 cm³/mol. The molecule has 9 heteroatoms. The van der Waals surface area contributed by atoms with Crippen molar-refractivity contribution >= 4 is 38.4 Å². The maximum absolute atomic E-state index is 12.5. The number of hydrogen-bond acceptors (Lipinski definition) is 5. The lowest BCUT2D eigenvalue weighted by Gasteiger charge is -2.28. The summed E-state index contributed by atoms with van der Waals surface area (Å²) in [5.74, 6) is 0.486. The highest BCUT2D eigenvalue weighted by atomic mass is 79.9. The molecule has 0 saturated carbocycles. The fourth-order valence-corrected chi connectivity index (χ4v) is 4.41. The summed E-state index contributed by atoms with van der Waals surface area (Å²) in [6.45, 7) is 1.63. The quantitative estimate of drug-likeness (QED) is 0.692. The summed E-state index contributed by atoms with van der Waals surface area (Å²) >= 11 is 3.29. The van der Waals surface area contributed by atoms with Crippen molar-refractivity contribution in [3.8, 4) is 5.75 Å². The summed E-state index contributed by atoms with van der Waals surface area (Å²) in [4.78, 5) is 0.171. The minimum absolute atomic E-state index is 0. The highest BCUT2D eigenvalue weighted by Gasteiger charge is 2.34. The molecule has 0 aliphatic carbocycles. The standard InChI is InChI=1S/C14H21BrN2O4S.ClH/c1-20-10-14(4-3-5-16-14)9-17-22(18,19)13-7-11(15)6-12(8-13)21-2;/h6-8,16-17H,3-5,9-10H2,1-2H3;1H. The maximum Gasteiger partial charge on any atom is 0.240 e. The molecule has 2 N–H and O–H groups in total. The maximum atomic E-state index is 12.5. The molecule has 1 saturated heterocycles. The average Bonchev–Trinajstić information content (AvgIpc) is 2.94. The molecule has 0 amide bonds. The zero-order valence-corrected chi connectivity index (χ0v) is 16.3. The van der Waals surface area contributed by atoms with E-state index in [9.17, 15) is 8.42 Å². The third-order valence-electron chi connectivity index (χ3n) is 3.74. The molecule has 132 valence electrons. The van der Waals surface area contributed by atoms with E-state index in [0.717, 1.165) is 19.4 Å². The molecule has 1 fully saturated rings. The van der Waals surface area contributed by atoms with Crippen LogP contribution < -0.4 is 14.8 Å². The Morgan fingerprint density at radius 3 is 2.65 bits per heavy atom. The molecule has 0 bridgehead atoms. The van der Waals surface area contributed by atoms with Crippen molar-refractivity contribution in [2.24, 2.45) is 0 Å². The van der Waals surface area contributed by atoms with Crippen LogP contribution in [0.15, 0.2) is 27.6 Å². The third-order valence-corrected chi connectivity index (χ3v) is 5.58. The molecule has 0 spiro atoms. The largest absolute Gasteiger partial charge is 0.497 e. The molecule has 0 radical (unpaired) electrons. The number of halogens is 2. The second-order valence-electron chi connectivity index (χ2n) is 5.39. The first-order valence-corrected chi connectivity index (χ1v) is 9.27. The number of benzene rings is 1. The number of sulfonamides is 1. The first kappa shape index (κ1) is 20.7. The van der Waals surface area contributed by atoms with Gasteiger partial charge >= 0.3 is 0 Å². The SMILES string of the molecule is COCC1(CNS(=O)(=O)c2cc(Br)cc(OC)c2)CCCN1.Cl. The van der Waals surface area contributed by atoms with Crippen molar-refractivity contribution in [1.29, 1.82) is 0 Å². The lowest BCUT2D eigenvalue weighted by Crippen LogP contribution is -2.52. The van der Waals surface area contributed by atoms with Gasteiger partial charge in [-0.2, -0.15) is 0 Å². The molecule has 1 aliphatic heterocycles. The predicted octanol–water partition coefficient (Wildman–Crippen LogP) is 1.93. The second kappa shape index (κ2) is 8.64. The lowest BCUT2D eigenvalue weighted by atomic mass is 9.99. The summed E-state index contributed by atoms with van der Waals surface area (Å²) in [6.07, 6.45) is 1.89. The van der Waals surface area contributed by atoms with Gasteiger partial charge < -0.3 is 14.8 Å². The molecule has 23 heavy (non-hydrogen) atoms. The molecular weight excluding hydrogens is 408 g/mol. The van der Waals surface area contributed by atoms with Crippen molar-refractivity contribution in [1.82, 2.24) is 10.0 Å². The minimum atomic E-state index is -3.61. The Kier molecular flexibility index (Phi) is 7.76. The lowest BCUT2D eigenvalue weighted by molar-refractivity contribution is 0.122. The van der Waals surface area contributed by atoms with Gasteiger partial charge in [0.1, 0.15) is 5.75 Å². The summed E-state index contributed by atoms with van der Waals surface area (Å²) < 4.78 is 38.7. The molecule has 1 aromatic carbocycles. The zero-order chi connectivity index (χ0) is 16.2. The number of ether oxygens (including phenoxy) is 2. The molecule has 1 aromatic rings. The van der Waals surface area contributed by atoms with E-state index in [1.165, 1.54) is 13.2 Å². The topological polar surface area (TPSA) is 76.7 Å². The van der Waals surface area contributed by atoms with Crippen molar-refractivity contribution in [2.45, 2.75) is 23.3 Å². The van der Waals surface area contributed by atoms with E-state index in [1.807, 2.05) is 0 Å². The Bertz CT molecular complexity index is 621. The Hall–Kier alpha value is -0.380. The molecule has 2 rings (SSSR count). The van der Waals surface area contributed by atoms with Crippen LogP contribution >= 0.6 is 28.3 Å². The van der Waals surface area contributed by atoms with Gasteiger partial charge in [0.2, 0.25) is 10.0 Å². The number of hydrogen-bond donors (Lipinski definition) is 2. The summed E-state index contributed by atoms with van der Waals surface area (Å²) in [7, 11) is -0.493. The van der Waals surface area contributed by atoms with Crippen LogP contribution in [0.3, 0.4) is 0 Å². The van der Waals surface area contributed by atoms with Gasteiger partial charge in [0.25, 0.3) is 0 Å². The molecule has 0 aromatic heterocycles. The molecular formula is C14H22BrClN2O4S. The van der Waals surface area contributed by atoms with Gasteiger partial charge in [-0.15, -0.1) is 12.4 Å². The van der Waals surface area contributed by atoms with E-state index in [1.54, 1.807) is 19.2 Å². The van der Waals surface area contributed by atoms with Crippen molar-refractivity contribution in [3.05, 3.63) is 22.7 Å². The van der Waals surface area contributed by atoms with E-state index < -0.39 is 10.0 Å². The number of rotatable bonds is 7. The third kappa shape index (κ3) is 5.30. The van der Waals surface area contributed by atoms with Gasteiger partial charge in [0.15, 0.2) is 0 Å². The number of nitrogens with one attached hydrogen (secondary N) is 2. The molecule has 6 nitrogen and oxygen atoms in total. The Morgan fingerprint density at radius 1 is 1.35 bits per heavy atom. The zero-order valence-electron chi connectivity index (χ0n) is 13.1. The van der Waals surface area contributed by atoms with Crippen molar-refractivity contribution < 1.29 is 17.9 Å². The van der Waals surface area contributed by atoms with E-state index >= 15 is 0 Å². The Balaban J connectivity index is 0.00000264. The molecule has 1 heterocycles. The fraction of sp³-hybridized carbons (Fsp3) is 0.571. The van der Waals surface area contributed by atoms with Gasteiger partial charge in [-0.05, 0) is 31.5 Å². The Morgan fingerprint density at radius 2 is 2.09 bits per heavy atom. The first-order chi connectivity index (χ1) is 10.4. The van der Waals surface area contributed by atoms with Crippen LogP contribution in [0.5, 0.6) is 5.75 Å².